The molecule has 1 atom stereocenters. The van der Waals surface area contributed by atoms with E-state index in [0.29, 0.717) is 18.2 Å². The van der Waals surface area contributed by atoms with Crippen molar-refractivity contribution >= 4 is 11.8 Å². The Hall–Kier alpha value is -1.06. The van der Waals surface area contributed by atoms with Crippen LogP contribution in [0.5, 0.6) is 0 Å². The number of nitrogens with zero attached hydrogens (tertiary/aromatic N) is 1. The van der Waals surface area contributed by atoms with Crippen LogP contribution in [0, 0.1) is 11.8 Å². The third-order valence-corrected chi connectivity index (χ3v) is 3.91. The van der Waals surface area contributed by atoms with Gasteiger partial charge in [0.1, 0.15) is 0 Å². The molecule has 1 heterocycles. The van der Waals surface area contributed by atoms with E-state index in [0.717, 1.165) is 32.4 Å². The summed E-state index contributed by atoms with van der Waals surface area (Å²) in [5.41, 5.74) is 0. The van der Waals surface area contributed by atoms with Crippen LogP contribution in [0.4, 0.5) is 0 Å². The van der Waals surface area contributed by atoms with E-state index in [1.807, 2.05) is 11.8 Å². The molecule has 4 nitrogen and oxygen atoms in total. The topological polar surface area (TPSA) is 49.4 Å². The fourth-order valence-corrected chi connectivity index (χ4v) is 2.66. The molecule has 2 rings (SSSR count). The summed E-state index contributed by atoms with van der Waals surface area (Å²) in [5, 5.41) is 2.94. The van der Waals surface area contributed by atoms with Gasteiger partial charge in [0.15, 0.2) is 0 Å². The van der Waals surface area contributed by atoms with E-state index in [1.165, 1.54) is 0 Å². The predicted octanol–water partition coefficient (Wildman–Crippen LogP) is 1.16. The highest BCUT2D eigenvalue weighted by Crippen LogP contribution is 2.31. The Morgan fingerprint density at radius 3 is 2.59 bits per heavy atom. The number of carbonyl (C=O) groups excluding carboxylic acids is 2. The van der Waals surface area contributed by atoms with Gasteiger partial charge >= 0.3 is 0 Å². The Labute approximate surface area is 103 Å². The third kappa shape index (κ3) is 2.79. The summed E-state index contributed by atoms with van der Waals surface area (Å²) in [6, 6.07) is 0.233. The van der Waals surface area contributed by atoms with Gasteiger partial charge in [-0.25, -0.2) is 0 Å². The molecule has 1 aliphatic carbocycles. The van der Waals surface area contributed by atoms with E-state index in [9.17, 15) is 9.59 Å². The van der Waals surface area contributed by atoms with Crippen molar-refractivity contribution in [2.24, 2.45) is 11.8 Å². The Morgan fingerprint density at radius 2 is 2.06 bits per heavy atom. The lowest BCUT2D eigenvalue weighted by atomic mass is 9.79. The van der Waals surface area contributed by atoms with Gasteiger partial charge in [-0.15, -0.1) is 0 Å². The molecule has 1 saturated carbocycles. The van der Waals surface area contributed by atoms with Crippen LogP contribution < -0.4 is 5.32 Å². The van der Waals surface area contributed by atoms with Crippen LogP contribution in [0.3, 0.4) is 0 Å². The van der Waals surface area contributed by atoms with E-state index >= 15 is 0 Å². The molecule has 96 valence electrons. The lowest BCUT2D eigenvalue weighted by molar-refractivity contribution is -0.139. The summed E-state index contributed by atoms with van der Waals surface area (Å²) in [5.74, 6) is 1.20. The molecule has 0 aromatic heterocycles. The fraction of sp³-hybridized carbons (Fsp3) is 0.846. The van der Waals surface area contributed by atoms with Crippen LogP contribution >= 0.6 is 0 Å². The van der Waals surface area contributed by atoms with E-state index in [4.69, 9.17) is 0 Å². The SMILES string of the molecule is CCC(=O)NC1CC(C(=O)N2CCC(C)C2)C1. The van der Waals surface area contributed by atoms with E-state index < -0.39 is 0 Å². The Kier molecular flexibility index (Phi) is 3.69. The van der Waals surface area contributed by atoms with Gasteiger partial charge in [0.25, 0.3) is 0 Å². The van der Waals surface area contributed by atoms with Crippen molar-refractivity contribution in [3.05, 3.63) is 0 Å². The first-order valence-electron chi connectivity index (χ1n) is 6.68. The van der Waals surface area contributed by atoms with Crippen molar-refractivity contribution in [1.29, 1.82) is 0 Å². The van der Waals surface area contributed by atoms with Crippen molar-refractivity contribution in [3.63, 3.8) is 0 Å². The quantitative estimate of drug-likeness (QED) is 0.802. The summed E-state index contributed by atoms with van der Waals surface area (Å²) in [6.45, 7) is 5.88. The highest BCUT2D eigenvalue weighted by molar-refractivity contribution is 5.81. The van der Waals surface area contributed by atoms with Crippen LogP contribution in [0.1, 0.15) is 39.5 Å². The van der Waals surface area contributed by atoms with Crippen molar-refractivity contribution in [1.82, 2.24) is 10.2 Å². The maximum Gasteiger partial charge on any atom is 0.225 e. The van der Waals surface area contributed by atoms with Gasteiger partial charge < -0.3 is 10.2 Å². The molecule has 2 aliphatic rings. The van der Waals surface area contributed by atoms with E-state index in [2.05, 4.69) is 12.2 Å². The van der Waals surface area contributed by atoms with Crippen molar-refractivity contribution < 1.29 is 9.59 Å². The maximum atomic E-state index is 12.1. The molecule has 1 N–H and O–H groups in total. The monoisotopic (exact) mass is 238 g/mol. The van der Waals surface area contributed by atoms with Gasteiger partial charge in [-0.3, -0.25) is 9.59 Å². The zero-order valence-corrected chi connectivity index (χ0v) is 10.7. The highest BCUT2D eigenvalue weighted by Gasteiger charge is 2.38. The molecule has 0 aromatic rings. The third-order valence-electron chi connectivity index (χ3n) is 3.91. The van der Waals surface area contributed by atoms with Gasteiger partial charge in [-0.2, -0.15) is 0 Å². The second-order valence-corrected chi connectivity index (χ2v) is 5.46. The number of likely N-dealkylation sites (tertiary alicyclic amines) is 1. The Bertz CT molecular complexity index is 311. The molecule has 17 heavy (non-hydrogen) atoms. The molecular formula is C13H22N2O2. The van der Waals surface area contributed by atoms with Gasteiger partial charge in [0, 0.05) is 31.5 Å². The minimum Gasteiger partial charge on any atom is -0.353 e. The number of hydrogen-bond acceptors (Lipinski definition) is 2. The first-order valence-corrected chi connectivity index (χ1v) is 6.68. The fourth-order valence-electron chi connectivity index (χ4n) is 2.66. The van der Waals surface area contributed by atoms with Gasteiger partial charge in [0.2, 0.25) is 11.8 Å². The Morgan fingerprint density at radius 1 is 1.35 bits per heavy atom. The first kappa shape index (κ1) is 12.4. The summed E-state index contributed by atoms with van der Waals surface area (Å²) in [7, 11) is 0. The second kappa shape index (κ2) is 5.07. The largest absolute Gasteiger partial charge is 0.353 e. The van der Waals surface area contributed by atoms with Crippen LogP contribution in [0.15, 0.2) is 0 Å². The molecule has 1 saturated heterocycles. The summed E-state index contributed by atoms with van der Waals surface area (Å²) >= 11 is 0. The van der Waals surface area contributed by atoms with Crippen molar-refractivity contribution in [3.8, 4) is 0 Å². The van der Waals surface area contributed by atoms with Crippen LogP contribution in [-0.2, 0) is 9.59 Å². The predicted molar refractivity (Wildman–Crippen MR) is 65.3 cm³/mol. The molecule has 0 spiro atoms. The summed E-state index contributed by atoms with van der Waals surface area (Å²) in [6.07, 6.45) is 3.32. The lowest BCUT2D eigenvalue weighted by Crippen LogP contribution is -2.49. The van der Waals surface area contributed by atoms with Gasteiger partial charge in [0.05, 0.1) is 0 Å². The maximum absolute atomic E-state index is 12.1. The Balaban J connectivity index is 1.72. The molecule has 0 radical (unpaired) electrons. The molecule has 1 aliphatic heterocycles. The van der Waals surface area contributed by atoms with E-state index in [1.54, 1.807) is 0 Å². The van der Waals surface area contributed by atoms with Gasteiger partial charge in [-0.05, 0) is 25.2 Å². The highest BCUT2D eigenvalue weighted by atomic mass is 16.2. The number of hydrogen-bond donors (Lipinski definition) is 1. The molecule has 0 aromatic carbocycles. The standard InChI is InChI=1S/C13H22N2O2/c1-3-12(16)14-11-6-10(7-11)13(17)15-5-4-9(2)8-15/h9-11H,3-8H2,1-2H3,(H,14,16). The normalized spacial score (nSPS) is 32.1. The average molecular weight is 238 g/mol. The average Bonchev–Trinajstić information content (AvgIpc) is 2.68. The molecule has 1 unspecified atom stereocenters. The second-order valence-electron chi connectivity index (χ2n) is 5.46. The first-order chi connectivity index (χ1) is 8.10. The number of carbonyl (C=O) groups is 2. The minimum absolute atomic E-state index is 0.0932. The van der Waals surface area contributed by atoms with Crippen LogP contribution in [0.2, 0.25) is 0 Å². The van der Waals surface area contributed by atoms with Gasteiger partial charge in [-0.1, -0.05) is 13.8 Å². The smallest absolute Gasteiger partial charge is 0.225 e. The van der Waals surface area contributed by atoms with E-state index in [-0.39, 0.29) is 17.9 Å². The zero-order chi connectivity index (χ0) is 12.4. The zero-order valence-electron chi connectivity index (χ0n) is 10.7. The van der Waals surface area contributed by atoms with Crippen molar-refractivity contribution in [2.45, 2.75) is 45.6 Å². The van der Waals surface area contributed by atoms with Crippen LogP contribution in [0.25, 0.3) is 0 Å². The summed E-state index contributed by atoms with van der Waals surface area (Å²) < 4.78 is 0. The lowest BCUT2D eigenvalue weighted by Gasteiger charge is -2.36. The molecule has 4 heteroatoms. The molecule has 2 amide bonds. The number of amides is 2. The number of rotatable bonds is 3. The van der Waals surface area contributed by atoms with Crippen molar-refractivity contribution in [2.75, 3.05) is 13.1 Å². The number of nitrogens with one attached hydrogen (secondary N) is 1. The molecular weight excluding hydrogens is 216 g/mol. The minimum atomic E-state index is 0.0932. The molecule has 0 bridgehead atoms. The summed E-state index contributed by atoms with van der Waals surface area (Å²) in [4.78, 5) is 25.3. The molecule has 2 fully saturated rings. The van der Waals surface area contributed by atoms with Crippen LogP contribution in [-0.4, -0.2) is 35.8 Å².